The molecular formula is C22H33NO4. The molecule has 2 saturated carbocycles. The molecule has 6 unspecified atom stereocenters. The number of allylic oxidation sites excluding steroid dienone is 1. The van der Waals surface area contributed by atoms with Gasteiger partial charge in [-0.25, -0.2) is 0 Å². The van der Waals surface area contributed by atoms with Crippen LogP contribution in [0.1, 0.15) is 58.8 Å². The van der Waals surface area contributed by atoms with Crippen LogP contribution in [0, 0.1) is 29.6 Å². The second kappa shape index (κ2) is 9.54. The van der Waals surface area contributed by atoms with Crippen LogP contribution in [0.3, 0.4) is 0 Å². The molecule has 2 fully saturated rings. The summed E-state index contributed by atoms with van der Waals surface area (Å²) in [7, 11) is 0. The quantitative estimate of drug-likeness (QED) is 0.297. The lowest BCUT2D eigenvalue weighted by Gasteiger charge is -2.30. The zero-order valence-corrected chi connectivity index (χ0v) is 16.4. The van der Waals surface area contributed by atoms with Gasteiger partial charge in [-0.3, -0.25) is 4.79 Å². The minimum absolute atomic E-state index is 0.0324. The Morgan fingerprint density at radius 3 is 2.89 bits per heavy atom. The van der Waals surface area contributed by atoms with Gasteiger partial charge in [-0.1, -0.05) is 30.7 Å². The van der Waals surface area contributed by atoms with Crippen molar-refractivity contribution in [1.29, 1.82) is 0 Å². The maximum absolute atomic E-state index is 10.6. The first-order chi connectivity index (χ1) is 12.8. The molecule has 0 radical (unpaired) electrons. The summed E-state index contributed by atoms with van der Waals surface area (Å²) >= 11 is 0. The summed E-state index contributed by atoms with van der Waals surface area (Å²) in [6, 6.07) is 0. The number of fused-ring (bicyclic) bond motifs is 1. The second-order valence-electron chi connectivity index (χ2n) is 8.15. The number of aliphatic hydroxyl groups is 2. The predicted octanol–water partition coefficient (Wildman–Crippen LogP) is 2.62. The Labute approximate surface area is 162 Å². The van der Waals surface area contributed by atoms with E-state index in [0.29, 0.717) is 19.3 Å². The van der Waals surface area contributed by atoms with Crippen molar-refractivity contribution in [3.05, 3.63) is 23.8 Å². The monoisotopic (exact) mass is 375 g/mol. The van der Waals surface area contributed by atoms with Crippen molar-refractivity contribution in [2.24, 2.45) is 23.5 Å². The van der Waals surface area contributed by atoms with Crippen molar-refractivity contribution in [2.45, 2.75) is 76.5 Å². The molecule has 0 heterocycles. The molecule has 5 nitrogen and oxygen atoms in total. The van der Waals surface area contributed by atoms with Crippen LogP contribution in [0.15, 0.2) is 23.8 Å². The minimum atomic E-state index is -0.766. The van der Waals surface area contributed by atoms with Crippen LogP contribution in [-0.2, 0) is 4.79 Å². The molecule has 0 spiro atoms. The average Bonchev–Trinajstić information content (AvgIpc) is 3.03. The Morgan fingerprint density at radius 2 is 2.22 bits per heavy atom. The highest BCUT2D eigenvalue weighted by Gasteiger charge is 2.54. The van der Waals surface area contributed by atoms with E-state index in [1.165, 1.54) is 5.57 Å². The van der Waals surface area contributed by atoms with E-state index in [4.69, 9.17) is 10.8 Å². The third-order valence-electron chi connectivity index (χ3n) is 6.09. The summed E-state index contributed by atoms with van der Waals surface area (Å²) in [5.41, 5.74) is 7.52. The van der Waals surface area contributed by atoms with E-state index >= 15 is 0 Å². The first kappa shape index (κ1) is 21.7. The van der Waals surface area contributed by atoms with E-state index in [1.807, 2.05) is 13.0 Å². The lowest BCUT2D eigenvalue weighted by atomic mass is 9.82. The smallest absolute Gasteiger partial charge is 0.303 e. The van der Waals surface area contributed by atoms with Gasteiger partial charge in [0.25, 0.3) is 0 Å². The van der Waals surface area contributed by atoms with Crippen molar-refractivity contribution < 1.29 is 20.1 Å². The zero-order chi connectivity index (χ0) is 20.0. The fourth-order valence-corrected chi connectivity index (χ4v) is 4.43. The highest BCUT2D eigenvalue weighted by atomic mass is 16.4. The first-order valence-electron chi connectivity index (χ1n) is 9.90. The number of nitrogens with two attached hydrogens (primary N) is 1. The van der Waals surface area contributed by atoms with Crippen LogP contribution in [0.4, 0.5) is 0 Å². The number of hydrogen-bond donors (Lipinski definition) is 4. The van der Waals surface area contributed by atoms with Gasteiger partial charge in [0, 0.05) is 24.3 Å². The molecule has 0 amide bonds. The van der Waals surface area contributed by atoms with Crippen LogP contribution in [-0.4, -0.2) is 39.0 Å². The standard InChI is InChI=1S/C22H33NO4/c1-3-4-7-15(2)19(24)11-10-18-20(25)13-17-12-16(14-22(17,18)23)8-5-6-9-21(26)27/h8,10-11,15,17-20,24-25H,5-7,9,12-14,23H2,1-2H3,(H,26,27). The van der Waals surface area contributed by atoms with Crippen molar-refractivity contribution >= 4 is 5.97 Å². The highest BCUT2D eigenvalue weighted by molar-refractivity contribution is 5.66. The topological polar surface area (TPSA) is 104 Å². The van der Waals surface area contributed by atoms with Crippen molar-refractivity contribution in [3.8, 4) is 11.8 Å². The average molecular weight is 376 g/mol. The number of unbranched alkanes of at least 4 members (excludes halogenated alkanes) is 1. The molecule has 150 valence electrons. The summed E-state index contributed by atoms with van der Waals surface area (Å²) in [6.07, 6.45) is 9.18. The number of hydrogen-bond acceptors (Lipinski definition) is 4. The summed E-state index contributed by atoms with van der Waals surface area (Å²) in [6.45, 7) is 3.74. The van der Waals surface area contributed by atoms with Crippen LogP contribution in [0.25, 0.3) is 0 Å². The molecule has 6 atom stereocenters. The van der Waals surface area contributed by atoms with E-state index in [-0.39, 0.29) is 24.2 Å². The predicted molar refractivity (Wildman–Crippen MR) is 106 cm³/mol. The summed E-state index contributed by atoms with van der Waals surface area (Å²) in [4.78, 5) is 10.6. The molecule has 0 aromatic rings. The Balaban J connectivity index is 1.99. The number of aliphatic carboxylic acids is 1. The molecule has 5 N–H and O–H groups in total. The fourth-order valence-electron chi connectivity index (χ4n) is 4.43. The Morgan fingerprint density at radius 1 is 1.48 bits per heavy atom. The van der Waals surface area contributed by atoms with E-state index < -0.39 is 23.7 Å². The summed E-state index contributed by atoms with van der Waals surface area (Å²) < 4.78 is 0. The molecular weight excluding hydrogens is 342 g/mol. The molecule has 0 bridgehead atoms. The number of rotatable bonds is 8. The van der Waals surface area contributed by atoms with Crippen LogP contribution < -0.4 is 5.73 Å². The molecule has 2 aliphatic carbocycles. The molecule has 2 rings (SSSR count). The van der Waals surface area contributed by atoms with Crippen molar-refractivity contribution in [2.75, 3.05) is 0 Å². The van der Waals surface area contributed by atoms with Crippen LogP contribution in [0.2, 0.25) is 0 Å². The molecule has 27 heavy (non-hydrogen) atoms. The molecule has 0 aromatic heterocycles. The number of aliphatic hydroxyl groups excluding tert-OH is 2. The first-order valence-corrected chi connectivity index (χ1v) is 9.90. The molecule has 0 saturated heterocycles. The highest BCUT2D eigenvalue weighted by Crippen LogP contribution is 2.52. The van der Waals surface area contributed by atoms with Crippen molar-refractivity contribution in [1.82, 2.24) is 0 Å². The van der Waals surface area contributed by atoms with Gasteiger partial charge >= 0.3 is 5.97 Å². The van der Waals surface area contributed by atoms with Gasteiger partial charge in [-0.15, -0.1) is 11.8 Å². The van der Waals surface area contributed by atoms with Gasteiger partial charge in [0.2, 0.25) is 0 Å². The van der Waals surface area contributed by atoms with Gasteiger partial charge in [0.05, 0.1) is 12.2 Å². The van der Waals surface area contributed by atoms with Gasteiger partial charge in [0.1, 0.15) is 0 Å². The molecule has 2 aliphatic rings. The number of carbonyl (C=O) groups is 1. The van der Waals surface area contributed by atoms with Crippen molar-refractivity contribution in [3.63, 3.8) is 0 Å². The fraction of sp³-hybridized carbons (Fsp3) is 0.682. The van der Waals surface area contributed by atoms with Crippen LogP contribution >= 0.6 is 0 Å². The Bertz CT molecular complexity index is 644. The second-order valence-corrected chi connectivity index (χ2v) is 8.15. The SMILES string of the molecule is CC#CCC(C)C(O)C=CC1C(O)CC2CC(=CCCCC(=O)O)CC21N. The van der Waals surface area contributed by atoms with Crippen LogP contribution in [0.5, 0.6) is 0 Å². The normalized spacial score (nSPS) is 33.7. The third kappa shape index (κ3) is 5.44. The Kier molecular flexibility index (Phi) is 7.67. The molecule has 0 aromatic carbocycles. The molecule has 5 heteroatoms. The largest absolute Gasteiger partial charge is 0.481 e. The minimum Gasteiger partial charge on any atom is -0.481 e. The Hall–Kier alpha value is -1.61. The third-order valence-corrected chi connectivity index (χ3v) is 6.09. The summed E-state index contributed by atoms with van der Waals surface area (Å²) in [5, 5.41) is 29.5. The number of carboxylic acid groups (broad SMARTS) is 1. The van der Waals surface area contributed by atoms with E-state index in [1.54, 1.807) is 13.0 Å². The van der Waals surface area contributed by atoms with Gasteiger partial charge in [0.15, 0.2) is 0 Å². The maximum atomic E-state index is 10.6. The maximum Gasteiger partial charge on any atom is 0.303 e. The van der Waals surface area contributed by atoms with Gasteiger partial charge in [-0.2, -0.15) is 0 Å². The number of carboxylic acids is 1. The molecule has 0 aliphatic heterocycles. The lowest BCUT2D eigenvalue weighted by molar-refractivity contribution is -0.137. The van der Waals surface area contributed by atoms with E-state index in [2.05, 4.69) is 17.9 Å². The van der Waals surface area contributed by atoms with Gasteiger partial charge in [-0.05, 0) is 50.9 Å². The summed E-state index contributed by atoms with van der Waals surface area (Å²) in [5.74, 6) is 5.15. The van der Waals surface area contributed by atoms with Gasteiger partial charge < -0.3 is 21.1 Å². The lowest BCUT2D eigenvalue weighted by Crippen LogP contribution is -2.46. The van der Waals surface area contributed by atoms with E-state index in [0.717, 1.165) is 19.3 Å². The zero-order valence-electron chi connectivity index (χ0n) is 16.4. The van der Waals surface area contributed by atoms with E-state index in [9.17, 15) is 15.0 Å².